The molecular weight excluding hydrogens is 312 g/mol. The Kier molecular flexibility index (Phi) is 4.95. The number of benzene rings is 1. The summed E-state index contributed by atoms with van der Waals surface area (Å²) in [6.45, 7) is 1.32. The van der Waals surface area contributed by atoms with Crippen molar-refractivity contribution in [3.8, 4) is 17.2 Å². The summed E-state index contributed by atoms with van der Waals surface area (Å²) >= 11 is 1.58. The summed E-state index contributed by atoms with van der Waals surface area (Å²) in [6, 6.07) is 11.5. The SMILES string of the molecule is COCCn1c(-c2ccco2)csc1=Nc1ccc(OC)cc1. The van der Waals surface area contributed by atoms with E-state index in [2.05, 4.69) is 9.95 Å². The van der Waals surface area contributed by atoms with Crippen LogP contribution in [-0.4, -0.2) is 25.4 Å². The summed E-state index contributed by atoms with van der Waals surface area (Å²) in [5, 5.41) is 2.05. The Morgan fingerprint density at radius 2 is 2.00 bits per heavy atom. The molecule has 23 heavy (non-hydrogen) atoms. The molecular formula is C17H18N2O3S. The molecule has 3 rings (SSSR count). The van der Waals surface area contributed by atoms with Gasteiger partial charge in [0.05, 0.1) is 31.4 Å². The van der Waals surface area contributed by atoms with E-state index in [0.717, 1.165) is 27.7 Å². The molecule has 0 saturated heterocycles. The fourth-order valence-corrected chi connectivity index (χ4v) is 3.14. The number of aromatic nitrogens is 1. The first kappa shape index (κ1) is 15.6. The van der Waals surface area contributed by atoms with Crippen molar-refractivity contribution < 1.29 is 13.9 Å². The second kappa shape index (κ2) is 7.30. The van der Waals surface area contributed by atoms with E-state index in [4.69, 9.17) is 18.9 Å². The van der Waals surface area contributed by atoms with Gasteiger partial charge in [0.2, 0.25) is 0 Å². The van der Waals surface area contributed by atoms with Crippen LogP contribution < -0.4 is 9.54 Å². The third-order valence-electron chi connectivity index (χ3n) is 3.39. The summed E-state index contributed by atoms with van der Waals surface area (Å²) in [6.07, 6.45) is 1.67. The summed E-state index contributed by atoms with van der Waals surface area (Å²) in [7, 11) is 3.35. The lowest BCUT2D eigenvalue weighted by atomic mass is 10.3. The van der Waals surface area contributed by atoms with Crippen molar-refractivity contribution in [3.05, 3.63) is 52.8 Å². The second-order valence-electron chi connectivity index (χ2n) is 4.84. The van der Waals surface area contributed by atoms with Crippen LogP contribution in [-0.2, 0) is 11.3 Å². The molecule has 0 spiro atoms. The van der Waals surface area contributed by atoms with E-state index in [9.17, 15) is 0 Å². The van der Waals surface area contributed by atoms with Crippen LogP contribution in [0.5, 0.6) is 5.75 Å². The van der Waals surface area contributed by atoms with Crippen molar-refractivity contribution in [2.45, 2.75) is 6.54 Å². The van der Waals surface area contributed by atoms with Crippen LogP contribution >= 0.6 is 11.3 Å². The Balaban J connectivity index is 2.01. The van der Waals surface area contributed by atoms with E-state index >= 15 is 0 Å². The minimum absolute atomic E-state index is 0.611. The van der Waals surface area contributed by atoms with Gasteiger partial charge in [-0.15, -0.1) is 11.3 Å². The van der Waals surface area contributed by atoms with Crippen LogP contribution in [0.2, 0.25) is 0 Å². The summed E-state index contributed by atoms with van der Waals surface area (Å²) in [4.78, 5) is 5.63. The Hall–Kier alpha value is -2.31. The monoisotopic (exact) mass is 330 g/mol. The van der Waals surface area contributed by atoms with E-state index in [1.165, 1.54) is 0 Å². The molecule has 120 valence electrons. The first-order valence-electron chi connectivity index (χ1n) is 7.21. The minimum atomic E-state index is 0.611. The van der Waals surface area contributed by atoms with Crippen LogP contribution in [0.3, 0.4) is 0 Å². The fraction of sp³-hybridized carbons (Fsp3) is 0.235. The third-order valence-corrected chi connectivity index (χ3v) is 4.25. The Morgan fingerprint density at radius 3 is 2.65 bits per heavy atom. The van der Waals surface area contributed by atoms with Crippen molar-refractivity contribution in [1.29, 1.82) is 0 Å². The van der Waals surface area contributed by atoms with Crippen LogP contribution in [0.25, 0.3) is 11.5 Å². The maximum atomic E-state index is 5.52. The summed E-state index contributed by atoms with van der Waals surface area (Å²) < 4.78 is 18.0. The molecule has 2 aromatic heterocycles. The molecule has 3 aromatic rings. The molecule has 2 heterocycles. The maximum Gasteiger partial charge on any atom is 0.190 e. The highest BCUT2D eigenvalue weighted by molar-refractivity contribution is 7.07. The lowest BCUT2D eigenvalue weighted by Crippen LogP contribution is -2.18. The molecule has 0 amide bonds. The minimum Gasteiger partial charge on any atom is -0.497 e. The highest BCUT2D eigenvalue weighted by atomic mass is 32.1. The van der Waals surface area contributed by atoms with Crippen molar-refractivity contribution in [2.24, 2.45) is 4.99 Å². The van der Waals surface area contributed by atoms with Crippen LogP contribution in [0, 0.1) is 0 Å². The number of thiazole rings is 1. The molecule has 0 saturated carbocycles. The molecule has 0 atom stereocenters. The number of hydrogen-bond acceptors (Lipinski definition) is 5. The van der Waals surface area contributed by atoms with Crippen LogP contribution in [0.1, 0.15) is 0 Å². The molecule has 1 aromatic carbocycles. The van der Waals surface area contributed by atoms with E-state index in [1.54, 1.807) is 31.8 Å². The standard InChI is InChI=1S/C17H18N2O3S/c1-20-11-9-19-15(16-4-3-10-22-16)12-23-17(19)18-13-5-7-14(21-2)8-6-13/h3-8,10,12H,9,11H2,1-2H3. The number of ether oxygens (including phenoxy) is 2. The molecule has 0 aliphatic rings. The Bertz CT molecular complexity index is 801. The van der Waals surface area contributed by atoms with Gasteiger partial charge in [0.1, 0.15) is 5.75 Å². The van der Waals surface area contributed by atoms with E-state index in [1.807, 2.05) is 36.4 Å². The number of nitrogens with zero attached hydrogens (tertiary/aromatic N) is 2. The molecule has 6 heteroatoms. The molecule has 0 fully saturated rings. The van der Waals surface area contributed by atoms with Gasteiger partial charge in [0.15, 0.2) is 10.6 Å². The normalized spacial score (nSPS) is 11.8. The van der Waals surface area contributed by atoms with Gasteiger partial charge in [0, 0.05) is 19.0 Å². The predicted octanol–water partition coefficient (Wildman–Crippen LogP) is 3.70. The zero-order valence-corrected chi connectivity index (χ0v) is 13.9. The molecule has 0 aliphatic carbocycles. The van der Waals surface area contributed by atoms with Crippen LogP contribution in [0.15, 0.2) is 57.5 Å². The zero-order valence-electron chi connectivity index (χ0n) is 13.1. The summed E-state index contributed by atoms with van der Waals surface area (Å²) in [5.41, 5.74) is 1.88. The van der Waals surface area contributed by atoms with Gasteiger partial charge in [-0.2, -0.15) is 0 Å². The third kappa shape index (κ3) is 3.55. The number of rotatable bonds is 6. The molecule has 0 N–H and O–H groups in total. The van der Waals surface area contributed by atoms with E-state index in [-0.39, 0.29) is 0 Å². The van der Waals surface area contributed by atoms with Gasteiger partial charge in [-0.1, -0.05) is 0 Å². The average molecular weight is 330 g/mol. The molecule has 0 aliphatic heterocycles. The van der Waals surface area contributed by atoms with Gasteiger partial charge in [-0.25, -0.2) is 4.99 Å². The van der Waals surface area contributed by atoms with E-state index < -0.39 is 0 Å². The Morgan fingerprint density at radius 1 is 1.17 bits per heavy atom. The maximum absolute atomic E-state index is 5.52. The molecule has 5 nitrogen and oxygen atoms in total. The number of furan rings is 1. The number of methoxy groups -OCH3 is 2. The van der Waals surface area contributed by atoms with Gasteiger partial charge >= 0.3 is 0 Å². The summed E-state index contributed by atoms with van der Waals surface area (Å²) in [5.74, 6) is 1.65. The first-order chi connectivity index (χ1) is 11.3. The van der Waals surface area contributed by atoms with Crippen molar-refractivity contribution in [1.82, 2.24) is 4.57 Å². The molecule has 0 unspecified atom stereocenters. The Labute approximate surface area is 138 Å². The highest BCUT2D eigenvalue weighted by Crippen LogP contribution is 2.22. The highest BCUT2D eigenvalue weighted by Gasteiger charge is 2.10. The van der Waals surface area contributed by atoms with Gasteiger partial charge in [-0.3, -0.25) is 0 Å². The van der Waals surface area contributed by atoms with Gasteiger partial charge in [0.25, 0.3) is 0 Å². The predicted molar refractivity (Wildman–Crippen MR) is 90.1 cm³/mol. The lowest BCUT2D eigenvalue weighted by molar-refractivity contribution is 0.187. The van der Waals surface area contributed by atoms with E-state index in [0.29, 0.717) is 13.2 Å². The number of hydrogen-bond donors (Lipinski definition) is 0. The van der Waals surface area contributed by atoms with Crippen LogP contribution in [0.4, 0.5) is 5.69 Å². The largest absolute Gasteiger partial charge is 0.497 e. The van der Waals surface area contributed by atoms with Gasteiger partial charge < -0.3 is 18.5 Å². The second-order valence-corrected chi connectivity index (χ2v) is 5.67. The quantitative estimate of drug-likeness (QED) is 0.692. The average Bonchev–Trinajstić information content (AvgIpc) is 3.23. The molecule has 0 radical (unpaired) electrons. The smallest absolute Gasteiger partial charge is 0.190 e. The van der Waals surface area contributed by atoms with Crippen molar-refractivity contribution in [2.75, 3.05) is 20.8 Å². The first-order valence-corrected chi connectivity index (χ1v) is 8.09. The lowest BCUT2D eigenvalue weighted by Gasteiger charge is -2.06. The van der Waals surface area contributed by atoms with Gasteiger partial charge in [-0.05, 0) is 36.4 Å². The topological polar surface area (TPSA) is 48.9 Å². The van der Waals surface area contributed by atoms with Crippen molar-refractivity contribution >= 4 is 17.0 Å². The fourth-order valence-electron chi connectivity index (χ4n) is 2.21. The molecule has 0 bridgehead atoms. The van der Waals surface area contributed by atoms with Crippen molar-refractivity contribution in [3.63, 3.8) is 0 Å². The zero-order chi connectivity index (χ0) is 16.1.